The van der Waals surface area contributed by atoms with Gasteiger partial charge in [-0.3, -0.25) is 9.89 Å². The fourth-order valence-corrected chi connectivity index (χ4v) is 4.67. The maximum atomic E-state index is 5.58. The molecule has 4 rings (SSSR count). The van der Waals surface area contributed by atoms with Gasteiger partial charge in [0.25, 0.3) is 0 Å². The van der Waals surface area contributed by atoms with Crippen molar-refractivity contribution in [2.24, 2.45) is 16.3 Å². The van der Waals surface area contributed by atoms with Crippen LogP contribution in [-0.2, 0) is 4.74 Å². The number of morpholine rings is 1. The van der Waals surface area contributed by atoms with Crippen molar-refractivity contribution in [3.8, 4) is 11.5 Å². The third-order valence-electron chi connectivity index (χ3n) is 6.91. The van der Waals surface area contributed by atoms with Gasteiger partial charge in [-0.05, 0) is 54.7 Å². The van der Waals surface area contributed by atoms with Gasteiger partial charge in [0, 0.05) is 33.2 Å². The molecule has 1 unspecified atom stereocenters. The van der Waals surface area contributed by atoms with Crippen LogP contribution >= 0.6 is 24.0 Å². The van der Waals surface area contributed by atoms with E-state index in [0.29, 0.717) is 5.41 Å². The van der Waals surface area contributed by atoms with Gasteiger partial charge in [0.15, 0.2) is 17.5 Å². The van der Waals surface area contributed by atoms with Crippen molar-refractivity contribution in [1.82, 2.24) is 15.5 Å². The molecular weight excluding hydrogens is 507 g/mol. The molecule has 1 heterocycles. The summed E-state index contributed by atoms with van der Waals surface area (Å²) >= 11 is 0. The van der Waals surface area contributed by atoms with Crippen LogP contribution in [0.2, 0.25) is 0 Å². The van der Waals surface area contributed by atoms with Crippen molar-refractivity contribution in [3.05, 3.63) is 23.8 Å². The van der Waals surface area contributed by atoms with Gasteiger partial charge in [-0.25, -0.2) is 0 Å². The predicted octanol–water partition coefficient (Wildman–Crippen LogP) is 3.05. The van der Waals surface area contributed by atoms with Crippen molar-refractivity contribution >= 4 is 29.9 Å². The number of methoxy groups -OCH3 is 2. The molecule has 0 radical (unpaired) electrons. The van der Waals surface area contributed by atoms with E-state index in [-0.39, 0.29) is 30.0 Å². The van der Waals surface area contributed by atoms with E-state index in [4.69, 9.17) is 14.2 Å². The van der Waals surface area contributed by atoms with Gasteiger partial charge in [0.1, 0.15) is 0 Å². The minimum atomic E-state index is 0. The molecule has 1 atom stereocenters. The minimum absolute atomic E-state index is 0. The molecule has 8 heteroatoms. The highest BCUT2D eigenvalue weighted by Crippen LogP contribution is 2.60. The molecule has 3 aliphatic rings. The number of ether oxygens (including phenoxy) is 3. The third-order valence-corrected chi connectivity index (χ3v) is 6.91. The highest BCUT2D eigenvalue weighted by molar-refractivity contribution is 14.0. The van der Waals surface area contributed by atoms with Gasteiger partial charge >= 0.3 is 0 Å². The Hall–Kier alpha value is -1.26. The zero-order chi connectivity index (χ0) is 21.0. The molecule has 1 aromatic carbocycles. The van der Waals surface area contributed by atoms with E-state index in [0.717, 1.165) is 62.8 Å². The van der Waals surface area contributed by atoms with E-state index < -0.39 is 0 Å². The third kappa shape index (κ3) is 5.96. The average molecular weight is 544 g/mol. The Labute approximate surface area is 203 Å². The Morgan fingerprint density at radius 3 is 2.45 bits per heavy atom. The summed E-state index contributed by atoms with van der Waals surface area (Å²) < 4.78 is 16.6. The van der Waals surface area contributed by atoms with E-state index in [9.17, 15) is 0 Å². The number of rotatable bonds is 9. The smallest absolute Gasteiger partial charge is 0.191 e. The molecule has 1 aromatic rings. The summed E-state index contributed by atoms with van der Waals surface area (Å²) in [6, 6.07) is 6.40. The van der Waals surface area contributed by atoms with Crippen LogP contribution in [0, 0.1) is 11.3 Å². The van der Waals surface area contributed by atoms with Crippen molar-refractivity contribution in [1.29, 1.82) is 0 Å². The Kier molecular flexibility index (Phi) is 8.69. The van der Waals surface area contributed by atoms with Crippen molar-refractivity contribution in [3.63, 3.8) is 0 Å². The van der Waals surface area contributed by atoms with Crippen LogP contribution in [0.4, 0.5) is 0 Å². The molecular formula is C23H37IN4O3. The maximum Gasteiger partial charge on any atom is 0.191 e. The summed E-state index contributed by atoms with van der Waals surface area (Å²) in [6.07, 6.45) is 5.55. The van der Waals surface area contributed by atoms with E-state index in [1.807, 2.05) is 13.1 Å². The molecule has 0 amide bonds. The normalized spacial score (nSPS) is 21.6. The first-order valence-electron chi connectivity index (χ1n) is 11.2. The van der Waals surface area contributed by atoms with Crippen LogP contribution in [0.25, 0.3) is 0 Å². The van der Waals surface area contributed by atoms with E-state index in [2.05, 4.69) is 32.7 Å². The van der Waals surface area contributed by atoms with Gasteiger partial charge in [-0.1, -0.05) is 6.07 Å². The molecule has 3 fully saturated rings. The summed E-state index contributed by atoms with van der Waals surface area (Å²) in [5.74, 6) is 3.34. The largest absolute Gasteiger partial charge is 0.493 e. The van der Waals surface area contributed by atoms with Crippen molar-refractivity contribution in [2.45, 2.75) is 31.7 Å². The Bertz CT molecular complexity index is 746. The van der Waals surface area contributed by atoms with Crippen LogP contribution in [0.1, 0.15) is 37.3 Å². The second kappa shape index (κ2) is 11.0. The number of nitrogens with one attached hydrogen (secondary N) is 2. The molecule has 2 aliphatic carbocycles. The molecule has 1 saturated heterocycles. The Morgan fingerprint density at radius 1 is 1.16 bits per heavy atom. The van der Waals surface area contributed by atoms with Crippen molar-refractivity contribution < 1.29 is 14.2 Å². The Morgan fingerprint density at radius 2 is 1.87 bits per heavy atom. The lowest BCUT2D eigenvalue weighted by molar-refractivity contribution is 0.0169. The quantitative estimate of drug-likeness (QED) is 0.283. The predicted molar refractivity (Wildman–Crippen MR) is 134 cm³/mol. The SMILES string of the molecule is CN=C(NCC(c1ccc(OC)c(OC)c1)N1CCOCC1)NCC1(C2CC2)CC1.I. The molecule has 2 saturated carbocycles. The lowest BCUT2D eigenvalue weighted by atomic mass is 10.0. The zero-order valence-corrected chi connectivity index (χ0v) is 21.3. The van der Waals surface area contributed by atoms with Crippen molar-refractivity contribution in [2.75, 3.05) is 60.7 Å². The summed E-state index contributed by atoms with van der Waals surface area (Å²) in [6.45, 7) is 5.16. The highest BCUT2D eigenvalue weighted by Gasteiger charge is 2.53. The topological polar surface area (TPSA) is 67.4 Å². The van der Waals surface area contributed by atoms with E-state index in [1.54, 1.807) is 14.2 Å². The summed E-state index contributed by atoms with van der Waals surface area (Å²) in [7, 11) is 5.21. The maximum absolute atomic E-state index is 5.58. The van der Waals surface area contributed by atoms with Gasteiger partial charge in [0.05, 0.1) is 33.5 Å². The molecule has 7 nitrogen and oxygen atoms in total. The molecule has 2 N–H and O–H groups in total. The number of nitrogens with zero attached hydrogens (tertiary/aromatic N) is 2. The van der Waals surface area contributed by atoms with E-state index in [1.165, 1.54) is 31.2 Å². The van der Waals surface area contributed by atoms with E-state index >= 15 is 0 Å². The lowest BCUT2D eigenvalue weighted by Gasteiger charge is -2.35. The fourth-order valence-electron chi connectivity index (χ4n) is 4.67. The first kappa shape index (κ1) is 24.4. The minimum Gasteiger partial charge on any atom is -0.493 e. The first-order chi connectivity index (χ1) is 14.7. The number of benzene rings is 1. The Balaban J connectivity index is 0.00000272. The fraction of sp³-hybridized carbons (Fsp3) is 0.696. The number of halogens is 1. The first-order valence-corrected chi connectivity index (χ1v) is 11.2. The standard InChI is InChI=1S/C23H36N4O3.HI/c1-24-22(26-16-23(8-9-23)18-5-6-18)25-15-19(27-10-12-30-13-11-27)17-4-7-20(28-2)21(14-17)29-3;/h4,7,14,18-19H,5-6,8-13,15-16H2,1-3H3,(H2,24,25,26);1H. The summed E-state index contributed by atoms with van der Waals surface area (Å²) in [4.78, 5) is 6.95. The number of aliphatic imine (C=N–C) groups is 1. The number of guanidine groups is 1. The second-order valence-electron chi connectivity index (χ2n) is 8.72. The molecule has 0 aromatic heterocycles. The van der Waals surface area contributed by atoms with Gasteiger partial charge in [0.2, 0.25) is 0 Å². The van der Waals surface area contributed by atoms with Gasteiger partial charge < -0.3 is 24.8 Å². The molecule has 0 bridgehead atoms. The summed E-state index contributed by atoms with van der Waals surface area (Å²) in [5.41, 5.74) is 1.75. The average Bonchev–Trinajstić information content (AvgIpc) is 3.70. The highest BCUT2D eigenvalue weighted by atomic mass is 127. The van der Waals surface area contributed by atoms with Gasteiger partial charge in [-0.15, -0.1) is 24.0 Å². The molecule has 31 heavy (non-hydrogen) atoms. The lowest BCUT2D eigenvalue weighted by Crippen LogP contribution is -2.47. The summed E-state index contributed by atoms with van der Waals surface area (Å²) in [5, 5.41) is 7.17. The molecule has 1 aliphatic heterocycles. The van der Waals surface area contributed by atoms with Crippen LogP contribution in [-0.4, -0.2) is 71.5 Å². The van der Waals surface area contributed by atoms with Crippen LogP contribution in [0.15, 0.2) is 23.2 Å². The monoisotopic (exact) mass is 544 g/mol. The second-order valence-corrected chi connectivity index (χ2v) is 8.72. The molecule has 0 spiro atoms. The van der Waals surface area contributed by atoms with Crippen LogP contribution in [0.5, 0.6) is 11.5 Å². The van der Waals surface area contributed by atoms with Crippen LogP contribution < -0.4 is 20.1 Å². The van der Waals surface area contributed by atoms with Crippen LogP contribution in [0.3, 0.4) is 0 Å². The molecule has 174 valence electrons. The van der Waals surface area contributed by atoms with Gasteiger partial charge in [-0.2, -0.15) is 0 Å². The zero-order valence-electron chi connectivity index (χ0n) is 19.0. The number of hydrogen-bond acceptors (Lipinski definition) is 5. The number of hydrogen-bond donors (Lipinski definition) is 2.